The Morgan fingerprint density at radius 1 is 1.33 bits per heavy atom. The van der Waals surface area contributed by atoms with Crippen LogP contribution in [-0.4, -0.2) is 48.3 Å². The SMILES string of the molecule is COC(=O)[C@@H]1CC(N)CCN1C(=O)OC(C)(C)C. The number of esters is 1. The highest BCUT2D eigenvalue weighted by atomic mass is 16.6. The van der Waals surface area contributed by atoms with Gasteiger partial charge >= 0.3 is 12.1 Å². The lowest BCUT2D eigenvalue weighted by molar-refractivity contribution is -0.148. The van der Waals surface area contributed by atoms with Crippen LogP contribution in [0.25, 0.3) is 0 Å². The van der Waals surface area contributed by atoms with Crippen LogP contribution in [-0.2, 0) is 14.3 Å². The highest BCUT2D eigenvalue weighted by Gasteiger charge is 2.37. The summed E-state index contributed by atoms with van der Waals surface area (Å²) >= 11 is 0. The lowest BCUT2D eigenvalue weighted by atomic mass is 9.98. The molecule has 1 saturated heterocycles. The van der Waals surface area contributed by atoms with E-state index in [1.54, 1.807) is 20.8 Å². The van der Waals surface area contributed by atoms with Crippen molar-refractivity contribution < 1.29 is 19.1 Å². The number of methoxy groups -OCH3 is 1. The maximum atomic E-state index is 12.0. The Balaban J connectivity index is 2.77. The van der Waals surface area contributed by atoms with Crippen LogP contribution in [0.2, 0.25) is 0 Å². The third-order valence-electron chi connectivity index (χ3n) is 2.74. The van der Waals surface area contributed by atoms with Crippen molar-refractivity contribution in [3.63, 3.8) is 0 Å². The number of amides is 1. The van der Waals surface area contributed by atoms with E-state index in [2.05, 4.69) is 0 Å². The second-order valence-electron chi connectivity index (χ2n) is 5.50. The van der Waals surface area contributed by atoms with Crippen molar-refractivity contribution in [2.75, 3.05) is 13.7 Å². The predicted octanol–water partition coefficient (Wildman–Crippen LogP) is 0.886. The molecule has 0 aromatic carbocycles. The summed E-state index contributed by atoms with van der Waals surface area (Å²) in [5.41, 5.74) is 5.23. The molecule has 1 rings (SSSR count). The second kappa shape index (κ2) is 5.56. The van der Waals surface area contributed by atoms with Crippen LogP contribution in [0.15, 0.2) is 0 Å². The minimum Gasteiger partial charge on any atom is -0.467 e. The second-order valence-corrected chi connectivity index (χ2v) is 5.50. The van der Waals surface area contributed by atoms with Gasteiger partial charge in [-0.15, -0.1) is 0 Å². The molecule has 1 fully saturated rings. The van der Waals surface area contributed by atoms with Crippen LogP contribution in [0.5, 0.6) is 0 Å². The first-order valence-corrected chi connectivity index (χ1v) is 6.07. The Bertz CT molecular complexity index is 325. The van der Waals surface area contributed by atoms with E-state index in [1.807, 2.05) is 0 Å². The summed E-state index contributed by atoms with van der Waals surface area (Å²) in [6, 6.07) is -0.735. The van der Waals surface area contributed by atoms with Gasteiger partial charge in [-0.1, -0.05) is 0 Å². The Morgan fingerprint density at radius 2 is 1.94 bits per heavy atom. The summed E-state index contributed by atoms with van der Waals surface area (Å²) in [5.74, 6) is -0.448. The first-order valence-electron chi connectivity index (χ1n) is 6.07. The molecule has 0 saturated carbocycles. The zero-order valence-corrected chi connectivity index (χ0v) is 11.4. The van der Waals surface area contributed by atoms with Crippen molar-refractivity contribution >= 4 is 12.1 Å². The molecule has 1 unspecified atom stereocenters. The minimum absolute atomic E-state index is 0.0900. The molecule has 0 aromatic heterocycles. The van der Waals surface area contributed by atoms with Crippen LogP contribution in [0.4, 0.5) is 4.79 Å². The third-order valence-corrected chi connectivity index (χ3v) is 2.74. The van der Waals surface area contributed by atoms with Gasteiger partial charge in [0.15, 0.2) is 0 Å². The molecule has 6 heteroatoms. The largest absolute Gasteiger partial charge is 0.467 e. The number of ether oxygens (including phenoxy) is 2. The van der Waals surface area contributed by atoms with Crippen molar-refractivity contribution in [2.24, 2.45) is 5.73 Å². The average molecular weight is 258 g/mol. The van der Waals surface area contributed by atoms with E-state index in [1.165, 1.54) is 12.0 Å². The number of nitrogens with two attached hydrogens (primary N) is 1. The molecule has 2 atom stereocenters. The lowest BCUT2D eigenvalue weighted by Gasteiger charge is -2.37. The monoisotopic (exact) mass is 258 g/mol. The Hall–Kier alpha value is -1.30. The van der Waals surface area contributed by atoms with E-state index < -0.39 is 23.7 Å². The van der Waals surface area contributed by atoms with Gasteiger partial charge in [0.1, 0.15) is 11.6 Å². The van der Waals surface area contributed by atoms with Crippen LogP contribution in [0.3, 0.4) is 0 Å². The maximum absolute atomic E-state index is 12.0. The highest BCUT2D eigenvalue weighted by molar-refractivity contribution is 5.81. The molecule has 1 heterocycles. The smallest absolute Gasteiger partial charge is 0.411 e. The quantitative estimate of drug-likeness (QED) is 0.706. The molecular formula is C12H22N2O4. The number of hydrogen-bond donors (Lipinski definition) is 1. The summed E-state index contributed by atoms with van der Waals surface area (Å²) in [6.45, 7) is 5.77. The number of likely N-dealkylation sites (tertiary alicyclic amines) is 1. The average Bonchev–Trinajstić information content (AvgIpc) is 2.25. The number of carbonyl (C=O) groups is 2. The van der Waals surface area contributed by atoms with Crippen molar-refractivity contribution in [3.8, 4) is 0 Å². The molecule has 6 nitrogen and oxygen atoms in total. The Kier molecular flexibility index (Phi) is 4.56. The Morgan fingerprint density at radius 3 is 2.44 bits per heavy atom. The zero-order valence-electron chi connectivity index (χ0n) is 11.4. The molecule has 0 aromatic rings. The summed E-state index contributed by atoms with van der Waals surface area (Å²) in [7, 11) is 1.30. The number of hydrogen-bond acceptors (Lipinski definition) is 5. The van der Waals surface area contributed by atoms with E-state index in [0.29, 0.717) is 19.4 Å². The molecule has 0 aliphatic carbocycles. The van der Waals surface area contributed by atoms with Gasteiger partial charge in [-0.2, -0.15) is 0 Å². The van der Waals surface area contributed by atoms with Crippen LogP contribution in [0, 0.1) is 0 Å². The summed E-state index contributed by atoms with van der Waals surface area (Å²) in [4.78, 5) is 25.1. The van der Waals surface area contributed by atoms with Crippen molar-refractivity contribution in [1.29, 1.82) is 0 Å². The third kappa shape index (κ3) is 3.87. The molecule has 1 aliphatic heterocycles. The van der Waals surface area contributed by atoms with Gasteiger partial charge in [-0.25, -0.2) is 9.59 Å². The van der Waals surface area contributed by atoms with Crippen LogP contribution < -0.4 is 5.73 Å². The van der Waals surface area contributed by atoms with Gasteiger partial charge in [-0.3, -0.25) is 4.90 Å². The van der Waals surface area contributed by atoms with Gasteiger partial charge < -0.3 is 15.2 Å². The standard InChI is InChI=1S/C12H22N2O4/c1-12(2,3)18-11(16)14-6-5-8(13)7-9(14)10(15)17-4/h8-9H,5-7,13H2,1-4H3/t8?,9-/m0/s1. The minimum atomic E-state index is -0.645. The molecule has 1 aliphatic rings. The van der Waals surface area contributed by atoms with Crippen molar-refractivity contribution in [1.82, 2.24) is 4.90 Å². The summed E-state index contributed by atoms with van der Waals surface area (Å²) in [5, 5.41) is 0. The van der Waals surface area contributed by atoms with Crippen molar-refractivity contribution in [3.05, 3.63) is 0 Å². The number of nitrogens with zero attached hydrogens (tertiary/aromatic N) is 1. The van der Waals surface area contributed by atoms with E-state index in [0.717, 1.165) is 0 Å². The summed E-state index contributed by atoms with van der Waals surface area (Å²) < 4.78 is 9.98. The number of carbonyl (C=O) groups excluding carboxylic acids is 2. The Labute approximate surface area is 107 Å². The molecule has 0 spiro atoms. The van der Waals surface area contributed by atoms with E-state index in [-0.39, 0.29) is 6.04 Å². The molecule has 0 radical (unpaired) electrons. The van der Waals surface area contributed by atoms with Gasteiger partial charge in [0.25, 0.3) is 0 Å². The number of rotatable bonds is 1. The fourth-order valence-corrected chi connectivity index (χ4v) is 1.89. The van der Waals surface area contributed by atoms with Crippen LogP contribution in [0.1, 0.15) is 33.6 Å². The van der Waals surface area contributed by atoms with E-state index in [9.17, 15) is 9.59 Å². The molecular weight excluding hydrogens is 236 g/mol. The fourth-order valence-electron chi connectivity index (χ4n) is 1.89. The fraction of sp³-hybridized carbons (Fsp3) is 0.833. The van der Waals surface area contributed by atoms with Gasteiger partial charge in [-0.05, 0) is 33.6 Å². The van der Waals surface area contributed by atoms with Gasteiger partial charge in [0.2, 0.25) is 0 Å². The first kappa shape index (κ1) is 14.8. The topological polar surface area (TPSA) is 81.9 Å². The van der Waals surface area contributed by atoms with Crippen LogP contribution >= 0.6 is 0 Å². The van der Waals surface area contributed by atoms with E-state index >= 15 is 0 Å². The van der Waals surface area contributed by atoms with E-state index in [4.69, 9.17) is 15.2 Å². The van der Waals surface area contributed by atoms with Gasteiger partial charge in [0.05, 0.1) is 7.11 Å². The first-order chi connectivity index (χ1) is 8.24. The summed E-state index contributed by atoms with van der Waals surface area (Å²) in [6.07, 6.45) is 0.573. The molecule has 104 valence electrons. The molecule has 18 heavy (non-hydrogen) atoms. The number of piperidine rings is 1. The highest BCUT2D eigenvalue weighted by Crippen LogP contribution is 2.20. The van der Waals surface area contributed by atoms with Crippen molar-refractivity contribution in [2.45, 2.75) is 51.3 Å². The maximum Gasteiger partial charge on any atom is 0.411 e. The predicted molar refractivity (Wildman–Crippen MR) is 66.0 cm³/mol. The normalized spacial score (nSPS) is 24.6. The zero-order chi connectivity index (χ0) is 13.9. The molecule has 2 N–H and O–H groups in total. The lowest BCUT2D eigenvalue weighted by Crippen LogP contribution is -2.54. The van der Waals surface area contributed by atoms with Gasteiger partial charge in [0, 0.05) is 12.6 Å². The molecule has 0 bridgehead atoms. The molecule has 1 amide bonds.